The molecule has 0 bridgehead atoms. The van der Waals surface area contributed by atoms with Crippen molar-refractivity contribution in [3.05, 3.63) is 34.2 Å². The van der Waals surface area contributed by atoms with E-state index in [1.165, 1.54) is 19.2 Å². The Morgan fingerprint density at radius 2 is 2.11 bits per heavy atom. The molecule has 0 radical (unpaired) electrons. The van der Waals surface area contributed by atoms with Gasteiger partial charge in [-0.3, -0.25) is 4.79 Å². The van der Waals surface area contributed by atoms with Crippen molar-refractivity contribution in [3.63, 3.8) is 0 Å². The van der Waals surface area contributed by atoms with Crippen LogP contribution in [-0.4, -0.2) is 24.8 Å². The summed E-state index contributed by atoms with van der Waals surface area (Å²) in [6.45, 7) is 1.82. The number of fused-ring (bicyclic) bond motifs is 1. The number of phenols is 1. The van der Waals surface area contributed by atoms with Gasteiger partial charge in [0.15, 0.2) is 16.9 Å². The normalized spacial score (nSPS) is 10.4. The highest BCUT2D eigenvalue weighted by molar-refractivity contribution is 5.89. The number of carbonyl (C=O) groups excluding carboxylic acids is 1. The zero-order valence-corrected chi connectivity index (χ0v) is 10.4. The molecule has 0 aliphatic carbocycles. The van der Waals surface area contributed by atoms with Gasteiger partial charge in [-0.15, -0.1) is 0 Å². The Balaban J connectivity index is 2.64. The fourth-order valence-corrected chi connectivity index (χ4v) is 1.64. The number of phenolic OH excluding ortho intramolecular Hbond substituents is 1. The molecule has 1 heterocycles. The summed E-state index contributed by atoms with van der Waals surface area (Å²) in [4.78, 5) is 23.4. The van der Waals surface area contributed by atoms with E-state index in [0.717, 1.165) is 6.07 Å². The predicted octanol–water partition coefficient (Wildman–Crippen LogP) is 1.68. The van der Waals surface area contributed by atoms with Crippen LogP contribution in [-0.2, 0) is 4.74 Å². The Morgan fingerprint density at radius 3 is 2.74 bits per heavy atom. The van der Waals surface area contributed by atoms with Crippen molar-refractivity contribution in [3.8, 4) is 11.5 Å². The van der Waals surface area contributed by atoms with Gasteiger partial charge in [-0.1, -0.05) is 0 Å². The number of benzene rings is 1. The number of methoxy groups -OCH3 is 1. The number of aromatic hydroxyl groups is 1. The third kappa shape index (κ3) is 2.37. The summed E-state index contributed by atoms with van der Waals surface area (Å²) in [7, 11) is 1.37. The first kappa shape index (κ1) is 12.9. The third-order valence-corrected chi connectivity index (χ3v) is 2.51. The summed E-state index contributed by atoms with van der Waals surface area (Å²) in [6, 6.07) is 3.63. The summed E-state index contributed by atoms with van der Waals surface area (Å²) >= 11 is 0. The molecule has 1 N–H and O–H groups in total. The van der Waals surface area contributed by atoms with Gasteiger partial charge >= 0.3 is 5.97 Å². The molecule has 2 rings (SSSR count). The van der Waals surface area contributed by atoms with Crippen LogP contribution in [0.25, 0.3) is 11.0 Å². The number of esters is 1. The highest BCUT2D eigenvalue weighted by atomic mass is 16.5. The standard InChI is InChI=1S/C13H12O6/c1-3-18-13(16)12-5-8(14)7-4-11(17-2)9(15)6-10(7)19-12/h4-6,15H,3H2,1-2H3. The molecule has 0 aliphatic rings. The second-order valence-electron chi connectivity index (χ2n) is 3.72. The van der Waals surface area contributed by atoms with Crippen LogP contribution in [0, 0.1) is 0 Å². The van der Waals surface area contributed by atoms with E-state index in [0.29, 0.717) is 0 Å². The fraction of sp³-hybridized carbons (Fsp3) is 0.231. The van der Waals surface area contributed by atoms with Crippen LogP contribution < -0.4 is 10.2 Å². The van der Waals surface area contributed by atoms with Gasteiger partial charge in [0, 0.05) is 12.1 Å². The number of hydrogen-bond donors (Lipinski definition) is 1. The number of hydrogen-bond acceptors (Lipinski definition) is 6. The highest BCUT2D eigenvalue weighted by Crippen LogP contribution is 2.30. The topological polar surface area (TPSA) is 86.0 Å². The highest BCUT2D eigenvalue weighted by Gasteiger charge is 2.15. The van der Waals surface area contributed by atoms with E-state index in [9.17, 15) is 14.7 Å². The minimum absolute atomic E-state index is 0.0915. The van der Waals surface area contributed by atoms with Crippen molar-refractivity contribution >= 4 is 16.9 Å². The lowest BCUT2D eigenvalue weighted by atomic mass is 10.2. The van der Waals surface area contributed by atoms with Gasteiger partial charge in [-0.05, 0) is 13.0 Å². The number of rotatable bonds is 3. The Bertz CT molecular complexity index is 685. The monoisotopic (exact) mass is 264 g/mol. The average molecular weight is 264 g/mol. The van der Waals surface area contributed by atoms with Crippen molar-refractivity contribution in [1.29, 1.82) is 0 Å². The molecule has 0 unspecified atom stereocenters. The van der Waals surface area contributed by atoms with Gasteiger partial charge in [0.2, 0.25) is 5.76 Å². The molecule has 1 aromatic heterocycles. The lowest BCUT2D eigenvalue weighted by molar-refractivity contribution is 0.0490. The first-order valence-electron chi connectivity index (χ1n) is 5.58. The molecular formula is C13H12O6. The molecule has 1 aromatic carbocycles. The molecular weight excluding hydrogens is 252 g/mol. The zero-order chi connectivity index (χ0) is 14.0. The average Bonchev–Trinajstić information content (AvgIpc) is 2.38. The van der Waals surface area contributed by atoms with Gasteiger partial charge in [0.05, 0.1) is 19.1 Å². The van der Waals surface area contributed by atoms with Crippen molar-refractivity contribution in [1.82, 2.24) is 0 Å². The van der Waals surface area contributed by atoms with Crippen LogP contribution in [0.3, 0.4) is 0 Å². The van der Waals surface area contributed by atoms with E-state index in [4.69, 9.17) is 13.9 Å². The maximum atomic E-state index is 11.9. The van der Waals surface area contributed by atoms with E-state index < -0.39 is 11.4 Å². The molecule has 0 fully saturated rings. The molecule has 2 aromatic rings. The summed E-state index contributed by atoms with van der Waals surface area (Å²) in [5.74, 6) is -0.955. The van der Waals surface area contributed by atoms with Crippen molar-refractivity contribution < 1.29 is 23.8 Å². The maximum absolute atomic E-state index is 11.9. The first-order valence-corrected chi connectivity index (χ1v) is 5.58. The van der Waals surface area contributed by atoms with E-state index >= 15 is 0 Å². The Labute approximate surface area is 108 Å². The summed E-state index contributed by atoms with van der Waals surface area (Å²) < 4.78 is 14.9. The van der Waals surface area contributed by atoms with Gasteiger partial charge in [0.1, 0.15) is 5.58 Å². The minimum Gasteiger partial charge on any atom is -0.504 e. The summed E-state index contributed by atoms with van der Waals surface area (Å²) in [6.07, 6.45) is 0. The van der Waals surface area contributed by atoms with E-state index in [1.807, 2.05) is 0 Å². The second kappa shape index (κ2) is 5.01. The molecule has 0 spiro atoms. The van der Waals surface area contributed by atoms with Crippen LogP contribution in [0.1, 0.15) is 17.5 Å². The van der Waals surface area contributed by atoms with Gasteiger partial charge in [0.25, 0.3) is 0 Å². The maximum Gasteiger partial charge on any atom is 0.374 e. The van der Waals surface area contributed by atoms with Crippen molar-refractivity contribution in [2.24, 2.45) is 0 Å². The molecule has 0 saturated heterocycles. The van der Waals surface area contributed by atoms with E-state index in [-0.39, 0.29) is 34.8 Å². The molecule has 0 amide bonds. The van der Waals surface area contributed by atoms with Crippen molar-refractivity contribution in [2.75, 3.05) is 13.7 Å². The second-order valence-corrected chi connectivity index (χ2v) is 3.72. The van der Waals surface area contributed by atoms with Gasteiger partial charge in [-0.25, -0.2) is 4.79 Å². The van der Waals surface area contributed by atoms with Gasteiger partial charge in [-0.2, -0.15) is 0 Å². The minimum atomic E-state index is -0.725. The van der Waals surface area contributed by atoms with Crippen LogP contribution >= 0.6 is 0 Å². The lowest BCUT2D eigenvalue weighted by Gasteiger charge is -2.06. The molecule has 19 heavy (non-hydrogen) atoms. The summed E-state index contributed by atoms with van der Waals surface area (Å²) in [5, 5.41) is 9.84. The smallest absolute Gasteiger partial charge is 0.374 e. The van der Waals surface area contributed by atoms with Crippen LogP contribution in [0.2, 0.25) is 0 Å². The largest absolute Gasteiger partial charge is 0.504 e. The van der Waals surface area contributed by atoms with E-state index in [2.05, 4.69) is 0 Å². The summed E-state index contributed by atoms with van der Waals surface area (Å²) in [5.41, 5.74) is -0.323. The van der Waals surface area contributed by atoms with Crippen molar-refractivity contribution in [2.45, 2.75) is 6.92 Å². The molecule has 6 heteroatoms. The third-order valence-electron chi connectivity index (χ3n) is 2.51. The predicted molar refractivity (Wildman–Crippen MR) is 66.7 cm³/mol. The first-order chi connectivity index (χ1) is 9.06. The molecule has 0 saturated carbocycles. The lowest BCUT2D eigenvalue weighted by Crippen LogP contribution is -2.10. The van der Waals surface area contributed by atoms with Crippen LogP contribution in [0.5, 0.6) is 11.5 Å². The van der Waals surface area contributed by atoms with Gasteiger partial charge < -0.3 is 19.0 Å². The molecule has 100 valence electrons. The van der Waals surface area contributed by atoms with Crippen LogP contribution in [0.15, 0.2) is 27.4 Å². The molecule has 6 nitrogen and oxygen atoms in total. The van der Waals surface area contributed by atoms with E-state index in [1.54, 1.807) is 6.92 Å². The molecule has 0 aliphatic heterocycles. The van der Waals surface area contributed by atoms with Crippen LogP contribution in [0.4, 0.5) is 0 Å². The Hall–Kier alpha value is -2.50. The Morgan fingerprint density at radius 1 is 1.37 bits per heavy atom. The number of ether oxygens (including phenoxy) is 2. The SMILES string of the molecule is CCOC(=O)c1cc(=O)c2cc(OC)c(O)cc2o1. The quantitative estimate of drug-likeness (QED) is 0.849. The Kier molecular flexibility index (Phi) is 3.41. The molecule has 0 atom stereocenters. The fourth-order valence-electron chi connectivity index (χ4n) is 1.64. The number of carbonyl (C=O) groups is 1. The zero-order valence-electron chi connectivity index (χ0n) is 10.4.